The lowest BCUT2D eigenvalue weighted by atomic mass is 9.99. The van der Waals surface area contributed by atoms with Gasteiger partial charge < -0.3 is 9.32 Å². The fourth-order valence-electron chi connectivity index (χ4n) is 7.56. The normalized spacial score (nSPS) is 11.5. The van der Waals surface area contributed by atoms with Crippen LogP contribution in [-0.4, -0.2) is 0 Å². The maximum Gasteiger partial charge on any atom is 0.135 e. The molecule has 0 aliphatic rings. The van der Waals surface area contributed by atoms with Crippen LogP contribution in [0, 0.1) is 0 Å². The van der Waals surface area contributed by atoms with Crippen molar-refractivity contribution in [2.75, 3.05) is 4.90 Å². The van der Waals surface area contributed by atoms with Gasteiger partial charge in [-0.25, -0.2) is 0 Å². The van der Waals surface area contributed by atoms with Gasteiger partial charge in [-0.05, 0) is 122 Å². The largest absolute Gasteiger partial charge is 0.456 e. The lowest BCUT2D eigenvalue weighted by molar-refractivity contribution is 0.669. The van der Waals surface area contributed by atoms with Crippen molar-refractivity contribution in [3.05, 3.63) is 200 Å². The molecular formula is C50H33NO. The number of hydrogen-bond acceptors (Lipinski definition) is 2. The molecule has 0 radical (unpaired) electrons. The second kappa shape index (κ2) is 12.5. The van der Waals surface area contributed by atoms with Gasteiger partial charge in [-0.3, -0.25) is 0 Å². The van der Waals surface area contributed by atoms with Crippen LogP contribution in [-0.2, 0) is 0 Å². The third-order valence-corrected chi connectivity index (χ3v) is 10.2. The number of nitrogens with zero attached hydrogens (tertiary/aromatic N) is 1. The summed E-state index contributed by atoms with van der Waals surface area (Å²) in [5, 5.41) is 7.22. The summed E-state index contributed by atoms with van der Waals surface area (Å²) in [5.41, 5.74) is 12.1. The predicted molar refractivity (Wildman–Crippen MR) is 220 cm³/mol. The molecule has 1 aromatic heterocycles. The van der Waals surface area contributed by atoms with E-state index in [1.807, 2.05) is 12.1 Å². The fourth-order valence-corrected chi connectivity index (χ4v) is 7.56. The van der Waals surface area contributed by atoms with Crippen molar-refractivity contribution in [1.29, 1.82) is 0 Å². The van der Waals surface area contributed by atoms with Crippen LogP contribution in [0.15, 0.2) is 205 Å². The molecule has 0 aliphatic heterocycles. The van der Waals surface area contributed by atoms with Crippen molar-refractivity contribution in [2.24, 2.45) is 0 Å². The first-order valence-corrected chi connectivity index (χ1v) is 17.7. The number of benzene rings is 9. The Morgan fingerprint density at radius 1 is 0.269 bits per heavy atom. The van der Waals surface area contributed by atoms with Crippen molar-refractivity contribution in [2.45, 2.75) is 0 Å². The molecule has 52 heavy (non-hydrogen) atoms. The van der Waals surface area contributed by atoms with E-state index >= 15 is 0 Å². The molecule has 9 aromatic carbocycles. The molecule has 0 amide bonds. The second-order valence-electron chi connectivity index (χ2n) is 13.4. The van der Waals surface area contributed by atoms with Gasteiger partial charge in [0.2, 0.25) is 0 Å². The zero-order valence-electron chi connectivity index (χ0n) is 28.4. The summed E-state index contributed by atoms with van der Waals surface area (Å²) >= 11 is 0. The van der Waals surface area contributed by atoms with Crippen molar-refractivity contribution in [1.82, 2.24) is 0 Å². The first-order chi connectivity index (χ1) is 25.7. The monoisotopic (exact) mass is 663 g/mol. The molecule has 0 atom stereocenters. The minimum atomic E-state index is 0.902. The first-order valence-electron chi connectivity index (χ1n) is 17.7. The Morgan fingerprint density at radius 2 is 0.692 bits per heavy atom. The van der Waals surface area contributed by atoms with Crippen LogP contribution in [0.5, 0.6) is 0 Å². The Balaban J connectivity index is 1.12. The second-order valence-corrected chi connectivity index (χ2v) is 13.4. The van der Waals surface area contributed by atoms with Gasteiger partial charge in [-0.15, -0.1) is 0 Å². The molecule has 0 saturated heterocycles. The standard InChI is InChI=1S/C50H33NO/c1-3-12-36-28-41(24-22-34(36)10-1)38-14-7-17-44(30-38)51(45-18-8-15-39(31-45)42-25-23-35-11-2-4-13-37(35)29-42)46-19-9-16-40(32-46)43-26-27-50-48(33-43)47-20-5-6-21-49(47)52-50/h1-33H. The van der Waals surface area contributed by atoms with Gasteiger partial charge in [0.15, 0.2) is 0 Å². The van der Waals surface area contributed by atoms with Gasteiger partial charge >= 0.3 is 0 Å². The predicted octanol–water partition coefficient (Wildman–Crippen LogP) is 14.4. The Bertz CT molecular complexity index is 2810. The highest BCUT2D eigenvalue weighted by Gasteiger charge is 2.16. The maximum absolute atomic E-state index is 6.16. The molecule has 0 spiro atoms. The molecule has 10 aromatic rings. The highest BCUT2D eigenvalue weighted by Crippen LogP contribution is 2.41. The van der Waals surface area contributed by atoms with Gasteiger partial charge in [0.25, 0.3) is 0 Å². The fraction of sp³-hybridized carbons (Fsp3) is 0. The summed E-state index contributed by atoms with van der Waals surface area (Å²) in [7, 11) is 0. The number of para-hydroxylation sites is 1. The molecule has 0 N–H and O–H groups in total. The molecule has 0 unspecified atom stereocenters. The molecule has 10 rings (SSSR count). The van der Waals surface area contributed by atoms with E-state index in [1.165, 1.54) is 43.8 Å². The Kier molecular flexibility index (Phi) is 7.18. The topological polar surface area (TPSA) is 16.4 Å². The van der Waals surface area contributed by atoms with Crippen molar-refractivity contribution >= 4 is 60.5 Å². The zero-order chi connectivity index (χ0) is 34.4. The van der Waals surface area contributed by atoms with Gasteiger partial charge in [0.05, 0.1) is 0 Å². The summed E-state index contributed by atoms with van der Waals surface area (Å²) in [5.74, 6) is 0. The van der Waals surface area contributed by atoms with Crippen molar-refractivity contribution in [3.8, 4) is 33.4 Å². The van der Waals surface area contributed by atoms with E-state index in [9.17, 15) is 0 Å². The molecule has 0 fully saturated rings. The lowest BCUT2D eigenvalue weighted by Gasteiger charge is -2.27. The highest BCUT2D eigenvalue weighted by molar-refractivity contribution is 6.06. The number of anilines is 3. The number of fused-ring (bicyclic) bond motifs is 5. The molecular weight excluding hydrogens is 631 g/mol. The molecule has 0 aliphatic carbocycles. The van der Waals surface area contributed by atoms with Crippen molar-refractivity contribution < 1.29 is 4.42 Å². The Labute approximate surface area is 302 Å². The maximum atomic E-state index is 6.16. The Hall–Kier alpha value is -6.90. The van der Waals surface area contributed by atoms with E-state index in [2.05, 4.69) is 193 Å². The van der Waals surface area contributed by atoms with E-state index in [-0.39, 0.29) is 0 Å². The van der Waals surface area contributed by atoms with Crippen LogP contribution in [0.1, 0.15) is 0 Å². The SMILES string of the molecule is c1cc(-c2ccc3ccccc3c2)cc(N(c2cccc(-c3ccc4ccccc4c3)c2)c2cccc(-c3ccc4oc5ccccc5c4c3)c2)c1. The summed E-state index contributed by atoms with van der Waals surface area (Å²) in [4.78, 5) is 2.38. The summed E-state index contributed by atoms with van der Waals surface area (Å²) in [6.45, 7) is 0. The van der Waals surface area contributed by atoms with Crippen molar-refractivity contribution in [3.63, 3.8) is 0 Å². The Morgan fingerprint density at radius 3 is 1.25 bits per heavy atom. The van der Waals surface area contributed by atoms with Gasteiger partial charge in [0.1, 0.15) is 11.2 Å². The van der Waals surface area contributed by atoms with Crippen LogP contribution in [0.25, 0.3) is 76.9 Å². The molecule has 0 saturated carbocycles. The zero-order valence-corrected chi connectivity index (χ0v) is 28.4. The molecule has 2 nitrogen and oxygen atoms in total. The summed E-state index contributed by atoms with van der Waals surface area (Å²) < 4.78 is 6.16. The quantitative estimate of drug-likeness (QED) is 0.176. The lowest BCUT2D eigenvalue weighted by Crippen LogP contribution is -2.10. The van der Waals surface area contributed by atoms with Crippen LogP contribution in [0.4, 0.5) is 17.1 Å². The molecule has 2 heteroatoms. The van der Waals surface area contributed by atoms with Crippen LogP contribution < -0.4 is 4.90 Å². The third kappa shape index (κ3) is 5.39. The third-order valence-electron chi connectivity index (χ3n) is 10.2. The van der Waals surface area contributed by atoms with Crippen LogP contribution in [0.3, 0.4) is 0 Å². The van der Waals surface area contributed by atoms with Crippen LogP contribution in [0.2, 0.25) is 0 Å². The van der Waals surface area contributed by atoms with E-state index in [0.717, 1.165) is 50.1 Å². The average molecular weight is 664 g/mol. The van der Waals surface area contributed by atoms with E-state index in [4.69, 9.17) is 4.42 Å². The number of hydrogen-bond donors (Lipinski definition) is 0. The van der Waals surface area contributed by atoms with E-state index in [0.29, 0.717) is 0 Å². The summed E-state index contributed by atoms with van der Waals surface area (Å²) in [6.07, 6.45) is 0. The van der Waals surface area contributed by atoms with Gasteiger partial charge in [0, 0.05) is 27.8 Å². The molecule has 244 valence electrons. The smallest absolute Gasteiger partial charge is 0.135 e. The van der Waals surface area contributed by atoms with Gasteiger partial charge in [-0.1, -0.05) is 133 Å². The van der Waals surface area contributed by atoms with Crippen LogP contribution >= 0.6 is 0 Å². The number of furan rings is 1. The summed E-state index contributed by atoms with van der Waals surface area (Å²) in [6, 6.07) is 72.0. The first kappa shape index (κ1) is 30.0. The minimum Gasteiger partial charge on any atom is -0.456 e. The van der Waals surface area contributed by atoms with E-state index in [1.54, 1.807) is 0 Å². The number of rotatable bonds is 6. The molecule has 1 heterocycles. The average Bonchev–Trinajstić information content (AvgIpc) is 3.59. The van der Waals surface area contributed by atoms with E-state index < -0.39 is 0 Å². The van der Waals surface area contributed by atoms with Gasteiger partial charge in [-0.2, -0.15) is 0 Å². The minimum absolute atomic E-state index is 0.902. The highest BCUT2D eigenvalue weighted by atomic mass is 16.3. The molecule has 0 bridgehead atoms.